The standard InChI is InChI=1S/C24H26Si/c1-3-4-14-21(2)25(22-15-8-5-9-16-22,23-17-10-6-11-18-23)24-19-12-7-13-20-24/h5-13,15-20H,2-4,14H2,1H3. The van der Waals surface area contributed by atoms with Crippen LogP contribution in [0.4, 0.5) is 0 Å². The summed E-state index contributed by atoms with van der Waals surface area (Å²) in [6.45, 7) is 6.91. The van der Waals surface area contributed by atoms with E-state index in [0.717, 1.165) is 6.42 Å². The first-order valence-electron chi connectivity index (χ1n) is 9.15. The third-order valence-corrected chi connectivity index (χ3v) is 9.89. The third kappa shape index (κ3) is 3.38. The van der Waals surface area contributed by atoms with E-state index in [1.807, 2.05) is 0 Å². The molecule has 0 heterocycles. The topological polar surface area (TPSA) is 0 Å². The Morgan fingerprint density at radius 2 is 1.04 bits per heavy atom. The summed E-state index contributed by atoms with van der Waals surface area (Å²) in [5.74, 6) is 0. The summed E-state index contributed by atoms with van der Waals surface area (Å²) in [7, 11) is -2.26. The molecule has 3 aromatic rings. The van der Waals surface area contributed by atoms with Gasteiger partial charge in [-0.25, -0.2) is 0 Å². The molecule has 0 atom stereocenters. The van der Waals surface area contributed by atoms with Gasteiger partial charge in [0.1, 0.15) is 0 Å². The lowest BCUT2D eigenvalue weighted by molar-refractivity contribution is 0.806. The van der Waals surface area contributed by atoms with Crippen molar-refractivity contribution in [1.29, 1.82) is 0 Å². The molecule has 0 aliphatic carbocycles. The van der Waals surface area contributed by atoms with Gasteiger partial charge in [-0.15, -0.1) is 6.58 Å². The Hall–Kier alpha value is -2.38. The molecule has 25 heavy (non-hydrogen) atoms. The summed E-state index contributed by atoms with van der Waals surface area (Å²) in [6, 6.07) is 33.1. The molecule has 3 aromatic carbocycles. The minimum absolute atomic E-state index is 1.08. The monoisotopic (exact) mass is 342 g/mol. The summed E-state index contributed by atoms with van der Waals surface area (Å²) in [5, 5.41) is 5.67. The summed E-state index contributed by atoms with van der Waals surface area (Å²) in [5.41, 5.74) is 0. The number of hydrogen-bond acceptors (Lipinski definition) is 0. The van der Waals surface area contributed by atoms with Crippen molar-refractivity contribution in [2.45, 2.75) is 26.2 Å². The van der Waals surface area contributed by atoms with E-state index in [0.29, 0.717) is 0 Å². The third-order valence-electron chi connectivity index (χ3n) is 4.98. The lowest BCUT2D eigenvalue weighted by Gasteiger charge is -2.36. The molecule has 0 spiro atoms. The van der Waals surface area contributed by atoms with E-state index in [-0.39, 0.29) is 0 Å². The fraction of sp³-hybridized carbons (Fsp3) is 0.167. The summed E-state index contributed by atoms with van der Waals surface area (Å²) in [6.07, 6.45) is 3.48. The molecular formula is C24H26Si. The number of unbranched alkanes of at least 4 members (excludes halogenated alkanes) is 1. The Bertz CT molecular complexity index is 695. The van der Waals surface area contributed by atoms with E-state index >= 15 is 0 Å². The number of benzene rings is 3. The average Bonchev–Trinajstić information content (AvgIpc) is 2.69. The fourth-order valence-electron chi connectivity index (χ4n) is 3.75. The highest BCUT2D eigenvalue weighted by atomic mass is 28.3. The van der Waals surface area contributed by atoms with Crippen LogP contribution in [-0.4, -0.2) is 8.07 Å². The first-order valence-corrected chi connectivity index (χ1v) is 11.1. The molecule has 0 saturated heterocycles. The molecule has 0 nitrogen and oxygen atoms in total. The van der Waals surface area contributed by atoms with Crippen LogP contribution < -0.4 is 15.6 Å². The second-order valence-corrected chi connectivity index (χ2v) is 10.5. The van der Waals surface area contributed by atoms with Gasteiger partial charge in [-0.1, -0.05) is 116 Å². The smallest absolute Gasteiger partial charge is 0.103 e. The second-order valence-electron chi connectivity index (χ2n) is 6.56. The van der Waals surface area contributed by atoms with Gasteiger partial charge in [-0.2, -0.15) is 0 Å². The zero-order valence-electron chi connectivity index (χ0n) is 15.0. The Morgan fingerprint density at radius 3 is 1.36 bits per heavy atom. The van der Waals surface area contributed by atoms with Gasteiger partial charge in [0, 0.05) is 0 Å². The van der Waals surface area contributed by atoms with Crippen LogP contribution >= 0.6 is 0 Å². The molecule has 126 valence electrons. The van der Waals surface area contributed by atoms with Crippen molar-refractivity contribution < 1.29 is 0 Å². The zero-order chi connectivity index (χ0) is 17.5. The van der Waals surface area contributed by atoms with Crippen LogP contribution in [-0.2, 0) is 0 Å². The first-order chi connectivity index (χ1) is 12.3. The first kappa shape index (κ1) is 17.4. The SMILES string of the molecule is C=C(CCCC)[Si](c1ccccc1)(c1ccccc1)c1ccccc1. The van der Waals surface area contributed by atoms with Crippen LogP contribution in [0.3, 0.4) is 0 Å². The summed E-state index contributed by atoms with van der Waals surface area (Å²) in [4.78, 5) is 0. The zero-order valence-corrected chi connectivity index (χ0v) is 16.0. The molecule has 0 N–H and O–H groups in total. The molecular weight excluding hydrogens is 316 g/mol. The normalized spacial score (nSPS) is 11.2. The van der Waals surface area contributed by atoms with Crippen LogP contribution in [0.5, 0.6) is 0 Å². The lowest BCUT2D eigenvalue weighted by Crippen LogP contribution is -2.68. The summed E-state index contributed by atoms with van der Waals surface area (Å²) >= 11 is 0. The van der Waals surface area contributed by atoms with E-state index in [4.69, 9.17) is 0 Å². The van der Waals surface area contributed by atoms with Crippen molar-refractivity contribution in [2.75, 3.05) is 0 Å². The van der Waals surface area contributed by atoms with Crippen LogP contribution in [0.2, 0.25) is 0 Å². The van der Waals surface area contributed by atoms with Gasteiger partial charge in [0.15, 0.2) is 8.07 Å². The van der Waals surface area contributed by atoms with E-state index in [1.165, 1.54) is 33.6 Å². The Labute approximate surface area is 152 Å². The molecule has 0 saturated carbocycles. The van der Waals surface area contributed by atoms with Crippen molar-refractivity contribution >= 4 is 23.6 Å². The molecule has 0 bridgehead atoms. The molecule has 0 amide bonds. The van der Waals surface area contributed by atoms with E-state index in [1.54, 1.807) is 0 Å². The molecule has 0 aliphatic heterocycles. The molecule has 0 radical (unpaired) electrons. The van der Waals surface area contributed by atoms with Gasteiger partial charge in [0.2, 0.25) is 0 Å². The number of hydrogen-bond donors (Lipinski definition) is 0. The second kappa shape index (κ2) is 8.13. The maximum absolute atomic E-state index is 4.66. The molecule has 0 aromatic heterocycles. The van der Waals surface area contributed by atoms with Crippen LogP contribution in [0.1, 0.15) is 26.2 Å². The highest BCUT2D eigenvalue weighted by molar-refractivity contribution is 7.16. The minimum atomic E-state index is -2.26. The van der Waals surface area contributed by atoms with Crippen molar-refractivity contribution in [1.82, 2.24) is 0 Å². The molecule has 0 fully saturated rings. The van der Waals surface area contributed by atoms with E-state index in [9.17, 15) is 0 Å². The maximum atomic E-state index is 4.66. The predicted molar refractivity (Wildman–Crippen MR) is 113 cm³/mol. The maximum Gasteiger partial charge on any atom is 0.175 e. The van der Waals surface area contributed by atoms with Crippen molar-refractivity contribution in [3.8, 4) is 0 Å². The lowest BCUT2D eigenvalue weighted by atomic mass is 10.2. The molecule has 0 unspecified atom stereocenters. The Kier molecular flexibility index (Phi) is 5.67. The fourth-order valence-corrected chi connectivity index (χ4v) is 8.61. The van der Waals surface area contributed by atoms with Crippen molar-refractivity contribution in [3.63, 3.8) is 0 Å². The number of rotatable bonds is 7. The average molecular weight is 343 g/mol. The largest absolute Gasteiger partial charge is 0.175 e. The van der Waals surface area contributed by atoms with Crippen LogP contribution in [0.15, 0.2) is 103 Å². The molecule has 0 aliphatic rings. The summed E-state index contributed by atoms with van der Waals surface area (Å²) < 4.78 is 0. The van der Waals surface area contributed by atoms with Crippen LogP contribution in [0, 0.1) is 0 Å². The Morgan fingerprint density at radius 1 is 0.680 bits per heavy atom. The minimum Gasteiger partial charge on any atom is -0.103 e. The van der Waals surface area contributed by atoms with Crippen molar-refractivity contribution in [2.24, 2.45) is 0 Å². The highest BCUT2D eigenvalue weighted by Gasteiger charge is 2.41. The van der Waals surface area contributed by atoms with Gasteiger partial charge < -0.3 is 0 Å². The van der Waals surface area contributed by atoms with E-state index in [2.05, 4.69) is 104 Å². The Balaban J connectivity index is 2.30. The van der Waals surface area contributed by atoms with Crippen LogP contribution in [0.25, 0.3) is 0 Å². The van der Waals surface area contributed by atoms with Gasteiger partial charge in [-0.3, -0.25) is 0 Å². The molecule has 3 rings (SSSR count). The number of allylic oxidation sites excluding steroid dienone is 1. The predicted octanol–water partition coefficient (Wildman–Crippen LogP) is 4.44. The van der Waals surface area contributed by atoms with Gasteiger partial charge in [0.25, 0.3) is 0 Å². The van der Waals surface area contributed by atoms with Crippen molar-refractivity contribution in [3.05, 3.63) is 103 Å². The van der Waals surface area contributed by atoms with Gasteiger partial charge >= 0.3 is 0 Å². The van der Waals surface area contributed by atoms with Gasteiger partial charge in [0.05, 0.1) is 0 Å². The van der Waals surface area contributed by atoms with E-state index < -0.39 is 8.07 Å². The highest BCUT2D eigenvalue weighted by Crippen LogP contribution is 2.20. The molecule has 1 heteroatoms. The quantitative estimate of drug-likeness (QED) is 0.440. The van der Waals surface area contributed by atoms with Gasteiger partial charge in [-0.05, 0) is 22.0 Å².